The number of amides is 2. The third-order valence-electron chi connectivity index (χ3n) is 8.03. The summed E-state index contributed by atoms with van der Waals surface area (Å²) >= 11 is 0. The highest BCUT2D eigenvalue weighted by Crippen LogP contribution is 2.34. The van der Waals surface area contributed by atoms with E-state index in [1.165, 1.54) is 35.2 Å². The van der Waals surface area contributed by atoms with Gasteiger partial charge >= 0.3 is 0 Å². The largest absolute Gasteiger partial charge is 0.486 e. The van der Waals surface area contributed by atoms with Gasteiger partial charge in [-0.05, 0) is 60.9 Å². The third-order valence-corrected chi connectivity index (χ3v) is 9.80. The summed E-state index contributed by atoms with van der Waals surface area (Å²) in [7, 11) is -4.40. The topological polar surface area (TPSA) is 105 Å². The molecule has 2 amide bonds. The molecule has 1 heterocycles. The van der Waals surface area contributed by atoms with E-state index >= 15 is 0 Å². The van der Waals surface area contributed by atoms with Gasteiger partial charge in [-0.15, -0.1) is 0 Å². The molecule has 0 aromatic heterocycles. The molecule has 0 bridgehead atoms. The number of unbranched alkanes of at least 4 members (excludes halogenated alkanes) is 1. The van der Waals surface area contributed by atoms with E-state index in [0.717, 1.165) is 46.0 Å². The molecule has 1 aliphatic rings. The molecular weight excluding hydrogens is 633 g/mol. The maximum Gasteiger partial charge on any atom is 0.264 e. The summed E-state index contributed by atoms with van der Waals surface area (Å²) in [5.41, 5.74) is 2.68. The smallest absolute Gasteiger partial charge is 0.264 e. The van der Waals surface area contributed by atoms with Gasteiger partial charge < -0.3 is 19.7 Å². The second-order valence-electron chi connectivity index (χ2n) is 11.7. The number of ether oxygens (including phenoxy) is 2. The Morgan fingerprint density at radius 2 is 1.58 bits per heavy atom. The number of carbonyl (C=O) groups excluding carboxylic acids is 2. The predicted octanol–water partition coefficient (Wildman–Crippen LogP) is 5.66. The summed E-state index contributed by atoms with van der Waals surface area (Å²) in [6.45, 7) is 4.39. The summed E-state index contributed by atoms with van der Waals surface area (Å²) in [5, 5.41) is 2.98. The van der Waals surface area contributed by atoms with Crippen LogP contribution in [-0.2, 0) is 32.6 Å². The van der Waals surface area contributed by atoms with Crippen molar-refractivity contribution in [3.05, 3.63) is 120 Å². The van der Waals surface area contributed by atoms with Gasteiger partial charge in [0.15, 0.2) is 11.5 Å². The minimum atomic E-state index is -4.40. The van der Waals surface area contributed by atoms with Gasteiger partial charge in [0.05, 0.1) is 10.6 Å². The number of benzene rings is 4. The Bertz CT molecular complexity index is 1820. The lowest BCUT2D eigenvalue weighted by Crippen LogP contribution is -2.53. The van der Waals surface area contributed by atoms with Crippen molar-refractivity contribution in [2.75, 3.05) is 30.6 Å². The molecule has 9 nitrogen and oxygen atoms in total. The first-order valence-corrected chi connectivity index (χ1v) is 17.4. The van der Waals surface area contributed by atoms with Crippen molar-refractivity contribution in [3.63, 3.8) is 0 Å². The molecule has 1 aliphatic heterocycles. The summed E-state index contributed by atoms with van der Waals surface area (Å²) in [6, 6.07) is 25.2. The first-order chi connectivity index (χ1) is 23.2. The van der Waals surface area contributed by atoms with Crippen molar-refractivity contribution in [1.82, 2.24) is 10.2 Å². The molecule has 1 N–H and O–H groups in total. The van der Waals surface area contributed by atoms with Crippen LogP contribution in [0.25, 0.3) is 0 Å². The lowest BCUT2D eigenvalue weighted by molar-refractivity contribution is -0.140. The fraction of sp³-hybridized carbons (Fsp3) is 0.297. The van der Waals surface area contributed by atoms with E-state index < -0.39 is 34.3 Å². The van der Waals surface area contributed by atoms with Gasteiger partial charge in [0.25, 0.3) is 10.0 Å². The van der Waals surface area contributed by atoms with E-state index in [9.17, 15) is 22.4 Å². The van der Waals surface area contributed by atoms with Crippen LogP contribution in [0, 0.1) is 12.7 Å². The Kier molecular flexibility index (Phi) is 11.3. The van der Waals surface area contributed by atoms with Crippen LogP contribution in [0.1, 0.15) is 36.5 Å². The predicted molar refractivity (Wildman–Crippen MR) is 182 cm³/mol. The van der Waals surface area contributed by atoms with E-state index in [4.69, 9.17) is 9.47 Å². The molecule has 0 saturated heterocycles. The van der Waals surface area contributed by atoms with Crippen LogP contribution in [0.3, 0.4) is 0 Å². The Morgan fingerprint density at radius 1 is 0.875 bits per heavy atom. The summed E-state index contributed by atoms with van der Waals surface area (Å²) < 4.78 is 54.8. The Morgan fingerprint density at radius 3 is 2.29 bits per heavy atom. The average molecular weight is 674 g/mol. The number of halogens is 1. The van der Waals surface area contributed by atoms with Crippen LogP contribution in [0.2, 0.25) is 0 Å². The highest BCUT2D eigenvalue weighted by atomic mass is 32.2. The summed E-state index contributed by atoms with van der Waals surface area (Å²) in [4.78, 5) is 29.8. The molecule has 4 aromatic rings. The normalized spacial score (nSPS) is 13.0. The van der Waals surface area contributed by atoms with Crippen LogP contribution in [0.5, 0.6) is 11.5 Å². The SMILES string of the molecule is CCCCNC(=O)C(Cc1ccccc1)N(Cc1cccc(C)c1)C(=O)CN(c1ccc(F)cc1)S(=O)(=O)c1ccc2c(c1)OCCO2. The molecule has 48 heavy (non-hydrogen) atoms. The number of hydrogen-bond donors (Lipinski definition) is 1. The first kappa shape index (κ1) is 34.4. The van der Waals surface area contributed by atoms with Gasteiger partial charge in [-0.3, -0.25) is 13.9 Å². The minimum absolute atomic E-state index is 0.0561. The number of aryl methyl sites for hydroxylation is 1. The summed E-state index contributed by atoms with van der Waals surface area (Å²) in [5.74, 6) is -0.827. The van der Waals surface area contributed by atoms with E-state index in [0.29, 0.717) is 18.9 Å². The van der Waals surface area contributed by atoms with Crippen LogP contribution in [0.15, 0.2) is 102 Å². The molecule has 11 heteroatoms. The van der Waals surface area contributed by atoms with Gasteiger partial charge in [0, 0.05) is 25.6 Å². The van der Waals surface area contributed by atoms with Gasteiger partial charge in [0.2, 0.25) is 11.8 Å². The average Bonchev–Trinajstić information content (AvgIpc) is 3.09. The third kappa shape index (κ3) is 8.51. The van der Waals surface area contributed by atoms with Crippen molar-refractivity contribution in [2.24, 2.45) is 0 Å². The zero-order valence-electron chi connectivity index (χ0n) is 27.1. The Hall–Kier alpha value is -4.90. The molecule has 5 rings (SSSR count). The molecule has 1 unspecified atom stereocenters. The molecule has 0 aliphatic carbocycles. The number of carbonyl (C=O) groups is 2. The van der Waals surface area contributed by atoms with E-state index in [-0.39, 0.29) is 41.8 Å². The maximum atomic E-state index is 14.6. The van der Waals surface area contributed by atoms with Crippen molar-refractivity contribution >= 4 is 27.5 Å². The number of rotatable bonds is 14. The number of nitrogens with zero attached hydrogens (tertiary/aromatic N) is 2. The van der Waals surface area contributed by atoms with E-state index in [1.54, 1.807) is 0 Å². The lowest BCUT2D eigenvalue weighted by Gasteiger charge is -2.34. The van der Waals surface area contributed by atoms with Gasteiger partial charge in [0.1, 0.15) is 31.6 Å². The van der Waals surface area contributed by atoms with Crippen molar-refractivity contribution < 1.29 is 31.9 Å². The second-order valence-corrected chi connectivity index (χ2v) is 13.5. The Labute approximate surface area is 281 Å². The van der Waals surface area contributed by atoms with Crippen LogP contribution >= 0.6 is 0 Å². The van der Waals surface area contributed by atoms with Crippen molar-refractivity contribution in [2.45, 2.75) is 50.6 Å². The molecular formula is C37H40FN3O6S. The number of fused-ring (bicyclic) bond motifs is 1. The van der Waals surface area contributed by atoms with Crippen LogP contribution in [0.4, 0.5) is 10.1 Å². The number of nitrogens with one attached hydrogen (secondary N) is 1. The summed E-state index contributed by atoms with van der Waals surface area (Å²) in [6.07, 6.45) is 1.85. The van der Waals surface area contributed by atoms with Gasteiger partial charge in [-0.1, -0.05) is 73.5 Å². The quantitative estimate of drug-likeness (QED) is 0.173. The first-order valence-electron chi connectivity index (χ1n) is 16.0. The fourth-order valence-corrected chi connectivity index (χ4v) is 6.94. The molecule has 0 saturated carbocycles. The van der Waals surface area contributed by atoms with E-state index in [1.807, 2.05) is 68.4 Å². The van der Waals surface area contributed by atoms with Crippen LogP contribution < -0.4 is 19.1 Å². The van der Waals surface area contributed by atoms with Gasteiger partial charge in [-0.25, -0.2) is 12.8 Å². The molecule has 1 atom stereocenters. The minimum Gasteiger partial charge on any atom is -0.486 e. The zero-order valence-corrected chi connectivity index (χ0v) is 27.9. The van der Waals surface area contributed by atoms with E-state index in [2.05, 4.69) is 5.32 Å². The maximum absolute atomic E-state index is 14.6. The molecule has 4 aromatic carbocycles. The van der Waals surface area contributed by atoms with Crippen molar-refractivity contribution in [1.29, 1.82) is 0 Å². The number of hydrogen-bond acceptors (Lipinski definition) is 6. The fourth-order valence-electron chi connectivity index (χ4n) is 5.51. The second kappa shape index (κ2) is 15.8. The van der Waals surface area contributed by atoms with Crippen LogP contribution in [-0.4, -0.2) is 57.5 Å². The molecule has 0 spiro atoms. The standard InChI is InChI=1S/C37H40FN3O6S/c1-3-4-19-39-37(43)33(23-28-10-6-5-7-11-28)40(25-29-12-8-9-27(2)22-29)36(42)26-41(31-15-13-30(38)14-16-31)48(44,45)32-17-18-34-35(24-32)47-21-20-46-34/h5-18,22,24,33H,3-4,19-21,23,25-26H2,1-2H3,(H,39,43). The molecule has 252 valence electrons. The lowest BCUT2D eigenvalue weighted by atomic mass is 10.0. The Balaban J connectivity index is 1.56. The molecule has 0 radical (unpaired) electrons. The highest BCUT2D eigenvalue weighted by Gasteiger charge is 2.35. The monoisotopic (exact) mass is 673 g/mol. The number of sulfonamides is 1. The number of anilines is 1. The highest BCUT2D eigenvalue weighted by molar-refractivity contribution is 7.92. The van der Waals surface area contributed by atoms with Gasteiger partial charge in [-0.2, -0.15) is 0 Å². The van der Waals surface area contributed by atoms with Crippen molar-refractivity contribution in [3.8, 4) is 11.5 Å². The molecule has 0 fully saturated rings. The zero-order chi connectivity index (χ0) is 34.1.